The highest BCUT2D eigenvalue weighted by Crippen LogP contribution is 2.34. The van der Waals surface area contributed by atoms with Crippen LogP contribution in [0.15, 0.2) is 73.4 Å². The lowest BCUT2D eigenvalue weighted by atomic mass is 9.93. The van der Waals surface area contributed by atoms with E-state index in [0.29, 0.717) is 11.3 Å². The van der Waals surface area contributed by atoms with E-state index < -0.39 is 0 Å². The van der Waals surface area contributed by atoms with Gasteiger partial charge in [0, 0.05) is 54.2 Å². The molecule has 1 fully saturated rings. The molecular formula is C27H24FN5O. The summed E-state index contributed by atoms with van der Waals surface area (Å²) in [6, 6.07) is 15.4. The van der Waals surface area contributed by atoms with E-state index in [9.17, 15) is 0 Å². The van der Waals surface area contributed by atoms with Crippen molar-refractivity contribution in [3.8, 4) is 11.3 Å². The fraction of sp³-hybridized carbons (Fsp3) is 0.222. The topological polar surface area (TPSA) is 55.5 Å². The lowest BCUT2D eigenvalue weighted by Crippen LogP contribution is -2.36. The van der Waals surface area contributed by atoms with Gasteiger partial charge in [0.2, 0.25) is 0 Å². The van der Waals surface area contributed by atoms with Gasteiger partial charge in [-0.1, -0.05) is 13.0 Å². The Bertz CT molecular complexity index is 1490. The third kappa shape index (κ3) is 3.58. The van der Waals surface area contributed by atoms with E-state index >= 15 is 4.39 Å². The highest BCUT2D eigenvalue weighted by molar-refractivity contribution is 5.94. The molecule has 1 aliphatic heterocycles. The molecule has 170 valence electrons. The van der Waals surface area contributed by atoms with E-state index in [-0.39, 0.29) is 11.7 Å². The highest BCUT2D eigenvalue weighted by atomic mass is 19.1. The van der Waals surface area contributed by atoms with Gasteiger partial charge in [-0.3, -0.25) is 4.98 Å². The Hall–Kier alpha value is -3.84. The molecular weight excluding hydrogens is 429 g/mol. The van der Waals surface area contributed by atoms with Crippen LogP contribution in [0, 0.1) is 5.82 Å². The number of aromatic nitrogens is 4. The van der Waals surface area contributed by atoms with Gasteiger partial charge in [0.15, 0.2) is 0 Å². The summed E-state index contributed by atoms with van der Waals surface area (Å²) in [6.07, 6.45) is 7.24. The first-order valence-electron chi connectivity index (χ1n) is 11.5. The van der Waals surface area contributed by atoms with Gasteiger partial charge in [0.1, 0.15) is 12.1 Å². The van der Waals surface area contributed by atoms with E-state index in [2.05, 4.69) is 32.8 Å². The fourth-order valence-electron chi connectivity index (χ4n) is 4.76. The molecule has 6 rings (SSSR count). The van der Waals surface area contributed by atoms with Crippen LogP contribution in [-0.4, -0.2) is 45.7 Å². The van der Waals surface area contributed by atoms with Crippen molar-refractivity contribution in [2.24, 2.45) is 0 Å². The van der Waals surface area contributed by atoms with Crippen molar-refractivity contribution in [2.45, 2.75) is 12.8 Å². The average molecular weight is 454 g/mol. The summed E-state index contributed by atoms with van der Waals surface area (Å²) in [5.41, 5.74) is 5.94. The third-order valence-corrected chi connectivity index (χ3v) is 6.63. The molecule has 0 saturated carbocycles. The van der Waals surface area contributed by atoms with Crippen molar-refractivity contribution in [3.63, 3.8) is 0 Å². The third-order valence-electron chi connectivity index (χ3n) is 6.63. The van der Waals surface area contributed by atoms with Gasteiger partial charge in [-0.2, -0.15) is 0 Å². The quantitative estimate of drug-likeness (QED) is 0.380. The Balaban J connectivity index is 1.42. The molecule has 0 amide bonds. The summed E-state index contributed by atoms with van der Waals surface area (Å²) in [7, 11) is 0. The molecule has 0 radical (unpaired) electrons. The van der Waals surface area contributed by atoms with Crippen LogP contribution in [0.1, 0.15) is 24.1 Å². The van der Waals surface area contributed by atoms with Gasteiger partial charge in [-0.15, -0.1) is 0 Å². The second-order valence-electron chi connectivity index (χ2n) is 8.60. The second kappa shape index (κ2) is 8.50. The molecule has 34 heavy (non-hydrogen) atoms. The molecule has 4 heterocycles. The minimum Gasteiger partial charge on any atom is -0.378 e. The number of nitrogens with zero attached hydrogens (tertiary/aromatic N) is 5. The number of hydrogen-bond donors (Lipinski definition) is 0. The lowest BCUT2D eigenvalue weighted by molar-refractivity contribution is 0.122. The van der Waals surface area contributed by atoms with Crippen LogP contribution in [0.25, 0.3) is 27.7 Å². The van der Waals surface area contributed by atoms with Crippen molar-refractivity contribution in [2.75, 3.05) is 31.2 Å². The first-order chi connectivity index (χ1) is 16.7. The second-order valence-corrected chi connectivity index (χ2v) is 8.60. The van der Waals surface area contributed by atoms with E-state index in [1.165, 1.54) is 12.4 Å². The summed E-state index contributed by atoms with van der Waals surface area (Å²) < 4.78 is 22.6. The number of ether oxygens (including phenoxy) is 1. The Kier molecular flexibility index (Phi) is 5.19. The minimum absolute atomic E-state index is 0.0148. The van der Waals surface area contributed by atoms with Crippen molar-refractivity contribution in [3.05, 3.63) is 90.5 Å². The molecule has 2 aromatic carbocycles. The van der Waals surface area contributed by atoms with E-state index in [4.69, 9.17) is 4.74 Å². The van der Waals surface area contributed by atoms with Gasteiger partial charge in [0.25, 0.3) is 0 Å². The van der Waals surface area contributed by atoms with Gasteiger partial charge in [0.05, 0.1) is 35.6 Å². The molecule has 0 aliphatic carbocycles. The average Bonchev–Trinajstić information content (AvgIpc) is 3.38. The van der Waals surface area contributed by atoms with Crippen molar-refractivity contribution >= 4 is 22.1 Å². The van der Waals surface area contributed by atoms with Crippen molar-refractivity contribution in [1.82, 2.24) is 19.4 Å². The summed E-state index contributed by atoms with van der Waals surface area (Å²) in [4.78, 5) is 15.9. The van der Waals surface area contributed by atoms with Gasteiger partial charge in [-0.05, 0) is 48.0 Å². The Labute approximate surface area is 196 Å². The van der Waals surface area contributed by atoms with Crippen LogP contribution in [-0.2, 0) is 4.74 Å². The Morgan fingerprint density at radius 1 is 0.971 bits per heavy atom. The number of anilines is 1. The van der Waals surface area contributed by atoms with Crippen LogP contribution in [0.2, 0.25) is 0 Å². The standard InChI is InChI=1S/C27H24FN5O/c1-18(26-25-3-2-9-33(25)10-8-29-26)19-4-7-23(28)22(15-19)27-21-6-5-20(16-24(21)30-17-31-27)32-11-13-34-14-12-32/h2-10,15-18H,11-14H2,1H3. The number of morpholine rings is 1. The van der Waals surface area contributed by atoms with Crippen LogP contribution in [0.5, 0.6) is 0 Å². The zero-order valence-electron chi connectivity index (χ0n) is 18.9. The zero-order chi connectivity index (χ0) is 23.1. The summed E-state index contributed by atoms with van der Waals surface area (Å²) in [5.74, 6) is -0.318. The first kappa shape index (κ1) is 20.7. The SMILES string of the molecule is CC(c1ccc(F)c(-c2ncnc3cc(N4CCOCC4)ccc23)c1)c1nccn2cccc12. The Morgan fingerprint density at radius 3 is 2.74 bits per heavy atom. The number of benzene rings is 2. The molecule has 6 nitrogen and oxygen atoms in total. The van der Waals surface area contributed by atoms with E-state index in [1.54, 1.807) is 6.20 Å². The number of fused-ring (bicyclic) bond motifs is 2. The molecule has 1 unspecified atom stereocenters. The van der Waals surface area contributed by atoms with E-state index in [0.717, 1.165) is 59.7 Å². The number of halogens is 1. The molecule has 0 spiro atoms. The van der Waals surface area contributed by atoms with Gasteiger partial charge < -0.3 is 14.0 Å². The molecule has 0 N–H and O–H groups in total. The molecule has 0 bridgehead atoms. The number of hydrogen-bond acceptors (Lipinski definition) is 5. The predicted octanol–water partition coefficient (Wildman–Crippen LogP) is 5.07. The molecule has 3 aromatic heterocycles. The zero-order valence-corrected chi connectivity index (χ0v) is 18.9. The maximum Gasteiger partial charge on any atom is 0.132 e. The van der Waals surface area contributed by atoms with Crippen LogP contribution in [0.4, 0.5) is 10.1 Å². The lowest BCUT2D eigenvalue weighted by Gasteiger charge is -2.29. The fourth-order valence-corrected chi connectivity index (χ4v) is 4.76. The molecule has 1 saturated heterocycles. The highest BCUT2D eigenvalue weighted by Gasteiger charge is 2.19. The van der Waals surface area contributed by atoms with Crippen molar-refractivity contribution < 1.29 is 9.13 Å². The number of rotatable bonds is 4. The molecule has 5 aromatic rings. The first-order valence-corrected chi connectivity index (χ1v) is 11.5. The Morgan fingerprint density at radius 2 is 1.85 bits per heavy atom. The smallest absolute Gasteiger partial charge is 0.132 e. The monoisotopic (exact) mass is 453 g/mol. The molecule has 1 aliphatic rings. The summed E-state index contributed by atoms with van der Waals surface area (Å²) >= 11 is 0. The van der Waals surface area contributed by atoms with Crippen LogP contribution >= 0.6 is 0 Å². The minimum atomic E-state index is -0.304. The molecule has 1 atom stereocenters. The molecule has 7 heteroatoms. The summed E-state index contributed by atoms with van der Waals surface area (Å²) in [6.45, 7) is 5.23. The predicted molar refractivity (Wildman–Crippen MR) is 131 cm³/mol. The maximum atomic E-state index is 15.1. The van der Waals surface area contributed by atoms with Gasteiger partial charge in [-0.25, -0.2) is 14.4 Å². The normalized spacial score (nSPS) is 15.2. The maximum absolute atomic E-state index is 15.1. The van der Waals surface area contributed by atoms with Crippen LogP contribution in [0.3, 0.4) is 0 Å². The van der Waals surface area contributed by atoms with E-state index in [1.807, 2.05) is 53.2 Å². The van der Waals surface area contributed by atoms with Gasteiger partial charge >= 0.3 is 0 Å². The largest absolute Gasteiger partial charge is 0.378 e. The van der Waals surface area contributed by atoms with Crippen molar-refractivity contribution in [1.29, 1.82) is 0 Å². The van der Waals surface area contributed by atoms with Crippen LogP contribution < -0.4 is 4.90 Å². The summed E-state index contributed by atoms with van der Waals surface area (Å²) in [5, 5.41) is 0.829.